The summed E-state index contributed by atoms with van der Waals surface area (Å²) in [6.07, 6.45) is 1.63. The molecule has 1 fully saturated rings. The van der Waals surface area contributed by atoms with Crippen molar-refractivity contribution in [2.75, 3.05) is 7.11 Å². The molecule has 4 nitrogen and oxygen atoms in total. The fourth-order valence-corrected chi connectivity index (χ4v) is 1.01. The zero-order valence-corrected chi connectivity index (χ0v) is 6.91. The normalized spacial score (nSPS) is 29.0. The van der Waals surface area contributed by atoms with Gasteiger partial charge in [0.05, 0.1) is 6.10 Å². The number of primary amides is 1. The van der Waals surface area contributed by atoms with Gasteiger partial charge in [-0.3, -0.25) is 4.79 Å². The van der Waals surface area contributed by atoms with Crippen molar-refractivity contribution in [3.05, 3.63) is 0 Å². The molecule has 66 valence electrons. The summed E-state index contributed by atoms with van der Waals surface area (Å²) in [6.45, 7) is 1.95. The van der Waals surface area contributed by atoms with E-state index in [1.165, 1.54) is 0 Å². The van der Waals surface area contributed by atoms with E-state index in [4.69, 9.17) is 15.6 Å². The molecule has 1 unspecified atom stereocenters. The number of hydrogen-bond acceptors (Lipinski definition) is 3. The monoisotopic (exact) mass is 161 g/mol. The van der Waals surface area contributed by atoms with Crippen LogP contribution in [0, 0.1) is 0 Å². The van der Waals surface area contributed by atoms with E-state index in [1.54, 1.807) is 0 Å². The molecule has 0 aromatic rings. The first-order valence-electron chi connectivity index (χ1n) is 3.59. The Bertz CT molecular complexity index is 127. The smallest absolute Gasteiger partial charge is 0.246 e. The lowest BCUT2D eigenvalue weighted by Crippen LogP contribution is -2.28. The van der Waals surface area contributed by atoms with Crippen molar-refractivity contribution in [2.45, 2.75) is 32.0 Å². The second-order valence-corrected chi connectivity index (χ2v) is 2.42. The summed E-state index contributed by atoms with van der Waals surface area (Å²) in [6, 6.07) is 0. The third-order valence-corrected chi connectivity index (χ3v) is 1.55. The molecule has 0 aromatic carbocycles. The van der Waals surface area contributed by atoms with Crippen molar-refractivity contribution in [3.63, 3.8) is 0 Å². The average molecular weight is 161 g/mol. The van der Waals surface area contributed by atoms with E-state index in [1.807, 2.05) is 6.92 Å². The van der Waals surface area contributed by atoms with Crippen LogP contribution in [-0.4, -0.2) is 30.3 Å². The van der Waals surface area contributed by atoms with Gasteiger partial charge in [-0.15, -0.1) is 0 Å². The number of carbonyl (C=O) groups excluding carboxylic acids is 1. The summed E-state index contributed by atoms with van der Waals surface area (Å²) in [4.78, 5) is 10.4. The summed E-state index contributed by atoms with van der Waals surface area (Å²) in [5.41, 5.74) is 5.00. The van der Waals surface area contributed by atoms with Crippen LogP contribution in [0.25, 0.3) is 0 Å². The minimum Gasteiger partial charge on any atom is -0.400 e. The molecule has 11 heavy (non-hydrogen) atoms. The highest BCUT2D eigenvalue weighted by atomic mass is 16.5. The van der Waals surface area contributed by atoms with E-state index < -0.39 is 0 Å². The van der Waals surface area contributed by atoms with Gasteiger partial charge in [0.25, 0.3) is 0 Å². The van der Waals surface area contributed by atoms with E-state index in [2.05, 4.69) is 0 Å². The minimum absolute atomic E-state index is 0.211. The lowest BCUT2D eigenvalue weighted by atomic mass is 10.2. The molecule has 0 aliphatic carbocycles. The zero-order chi connectivity index (χ0) is 8.85. The third kappa shape index (κ3) is 3.34. The Kier molecular flexibility index (Phi) is 4.81. The Hall–Kier alpha value is -0.610. The summed E-state index contributed by atoms with van der Waals surface area (Å²) >= 11 is 0. The van der Waals surface area contributed by atoms with Crippen LogP contribution in [0.3, 0.4) is 0 Å². The lowest BCUT2D eigenvalue weighted by molar-refractivity contribution is -0.128. The van der Waals surface area contributed by atoms with Crippen LogP contribution in [0.1, 0.15) is 19.8 Å². The second kappa shape index (κ2) is 5.09. The molecular weight excluding hydrogens is 146 g/mol. The number of aliphatic hydroxyl groups is 1. The Morgan fingerprint density at radius 1 is 1.55 bits per heavy atom. The van der Waals surface area contributed by atoms with Crippen LogP contribution >= 0.6 is 0 Å². The van der Waals surface area contributed by atoms with Gasteiger partial charge in [0, 0.05) is 7.11 Å². The number of nitrogens with two attached hydrogens (primary N) is 1. The van der Waals surface area contributed by atoms with Crippen LogP contribution < -0.4 is 5.73 Å². The van der Waals surface area contributed by atoms with Crippen LogP contribution in [0.5, 0.6) is 0 Å². The summed E-state index contributed by atoms with van der Waals surface area (Å²) in [7, 11) is 1.00. The van der Waals surface area contributed by atoms with E-state index in [-0.39, 0.29) is 18.1 Å². The SMILES string of the molecule is CC1CC[C@@H](C(N)=O)O1.CO. The van der Waals surface area contributed by atoms with E-state index in [0.29, 0.717) is 0 Å². The molecule has 4 heteroatoms. The van der Waals surface area contributed by atoms with Crippen molar-refractivity contribution >= 4 is 5.91 Å². The van der Waals surface area contributed by atoms with Crippen molar-refractivity contribution in [2.24, 2.45) is 5.73 Å². The van der Waals surface area contributed by atoms with Crippen LogP contribution in [0.15, 0.2) is 0 Å². The molecule has 0 bridgehead atoms. The van der Waals surface area contributed by atoms with Gasteiger partial charge >= 0.3 is 0 Å². The fraction of sp³-hybridized carbons (Fsp3) is 0.857. The highest BCUT2D eigenvalue weighted by Crippen LogP contribution is 2.17. The summed E-state index contributed by atoms with van der Waals surface area (Å²) in [5.74, 6) is -0.334. The predicted molar refractivity (Wildman–Crippen MR) is 40.9 cm³/mol. The van der Waals surface area contributed by atoms with Crippen molar-refractivity contribution < 1.29 is 14.6 Å². The lowest BCUT2D eigenvalue weighted by Gasteiger charge is -2.04. The van der Waals surface area contributed by atoms with Gasteiger partial charge in [-0.1, -0.05) is 0 Å². The number of ether oxygens (including phenoxy) is 1. The molecule has 1 rings (SSSR count). The number of amides is 1. The maximum atomic E-state index is 10.4. The average Bonchev–Trinajstić information content (AvgIpc) is 2.40. The molecule has 2 atom stereocenters. The van der Waals surface area contributed by atoms with Gasteiger partial charge in [0.1, 0.15) is 6.10 Å². The molecule has 1 saturated heterocycles. The number of carbonyl (C=O) groups is 1. The number of aliphatic hydroxyl groups excluding tert-OH is 1. The van der Waals surface area contributed by atoms with Crippen LogP contribution in [-0.2, 0) is 9.53 Å². The highest BCUT2D eigenvalue weighted by molar-refractivity contribution is 5.79. The molecule has 0 radical (unpaired) electrons. The molecule has 1 amide bonds. The summed E-state index contributed by atoms with van der Waals surface area (Å²) in [5, 5.41) is 7.00. The second-order valence-electron chi connectivity index (χ2n) is 2.42. The number of hydrogen-bond donors (Lipinski definition) is 2. The van der Waals surface area contributed by atoms with Gasteiger partial charge in [0.2, 0.25) is 5.91 Å². The predicted octanol–water partition coefficient (Wildman–Crippen LogP) is -0.352. The summed E-state index contributed by atoms with van der Waals surface area (Å²) < 4.78 is 5.15. The maximum Gasteiger partial charge on any atom is 0.246 e. The topological polar surface area (TPSA) is 72.6 Å². The standard InChI is InChI=1S/C6H11NO2.CH4O/c1-4-2-3-5(9-4)6(7)8;1-2/h4-5H,2-3H2,1H3,(H2,7,8);2H,1H3/t4?,5-;/m0./s1. The van der Waals surface area contributed by atoms with Crippen LogP contribution in [0.4, 0.5) is 0 Å². The molecule has 0 saturated carbocycles. The van der Waals surface area contributed by atoms with Crippen molar-refractivity contribution in [1.82, 2.24) is 0 Å². The fourth-order valence-electron chi connectivity index (χ4n) is 1.01. The van der Waals surface area contributed by atoms with Crippen molar-refractivity contribution in [1.29, 1.82) is 0 Å². The molecule has 3 N–H and O–H groups in total. The first-order chi connectivity index (χ1) is 5.20. The Balaban J connectivity index is 0.000000461. The zero-order valence-electron chi connectivity index (χ0n) is 6.91. The molecular formula is C7H15NO3. The van der Waals surface area contributed by atoms with E-state index in [0.717, 1.165) is 20.0 Å². The third-order valence-electron chi connectivity index (χ3n) is 1.55. The Labute approximate surface area is 66.3 Å². The minimum atomic E-state index is -0.334. The van der Waals surface area contributed by atoms with Gasteiger partial charge < -0.3 is 15.6 Å². The van der Waals surface area contributed by atoms with E-state index >= 15 is 0 Å². The first-order valence-corrected chi connectivity index (χ1v) is 3.59. The Morgan fingerprint density at radius 3 is 2.27 bits per heavy atom. The van der Waals surface area contributed by atoms with Gasteiger partial charge in [-0.2, -0.15) is 0 Å². The van der Waals surface area contributed by atoms with Gasteiger partial charge in [0.15, 0.2) is 0 Å². The number of rotatable bonds is 1. The first kappa shape index (κ1) is 10.4. The van der Waals surface area contributed by atoms with Crippen molar-refractivity contribution in [3.8, 4) is 0 Å². The van der Waals surface area contributed by atoms with Gasteiger partial charge in [-0.05, 0) is 19.8 Å². The van der Waals surface area contributed by atoms with Crippen LogP contribution in [0.2, 0.25) is 0 Å². The highest BCUT2D eigenvalue weighted by Gasteiger charge is 2.25. The molecule has 1 aliphatic heterocycles. The molecule has 1 aliphatic rings. The molecule has 0 aromatic heterocycles. The Morgan fingerprint density at radius 2 is 2.09 bits per heavy atom. The quantitative estimate of drug-likeness (QED) is 0.552. The largest absolute Gasteiger partial charge is 0.400 e. The van der Waals surface area contributed by atoms with E-state index in [9.17, 15) is 4.79 Å². The molecule has 0 spiro atoms. The molecule has 1 heterocycles. The maximum absolute atomic E-state index is 10.4. The van der Waals surface area contributed by atoms with Gasteiger partial charge in [-0.25, -0.2) is 0 Å².